The molecular formula is C14H21N. The van der Waals surface area contributed by atoms with Crippen LogP contribution in [0.25, 0.3) is 0 Å². The van der Waals surface area contributed by atoms with Crippen molar-refractivity contribution in [1.82, 2.24) is 0 Å². The lowest BCUT2D eigenvalue weighted by Gasteiger charge is -2.26. The van der Waals surface area contributed by atoms with Crippen molar-refractivity contribution >= 4 is 5.69 Å². The molecule has 1 nitrogen and oxygen atoms in total. The lowest BCUT2D eigenvalue weighted by atomic mass is 9.87. The molecule has 0 aliphatic carbocycles. The predicted octanol–water partition coefficient (Wildman–Crippen LogP) is 4.36. The Hall–Kier alpha value is -1.24. The third-order valence-corrected chi connectivity index (χ3v) is 3.05. The zero-order valence-electron chi connectivity index (χ0n) is 10.2. The van der Waals surface area contributed by atoms with E-state index in [0.717, 1.165) is 17.8 Å². The standard InChI is InChI=1S/C14H21N/c1-6-14(4,5)12(3)15-13-9-7-11(2)8-10-13/h7-10,15H,3,6H2,1-2,4-5H3. The number of hydrogen-bond acceptors (Lipinski definition) is 1. The van der Waals surface area contributed by atoms with Gasteiger partial charge in [-0.25, -0.2) is 0 Å². The molecule has 1 aromatic carbocycles. The maximum absolute atomic E-state index is 4.10. The molecule has 0 radical (unpaired) electrons. The highest BCUT2D eigenvalue weighted by molar-refractivity contribution is 5.49. The van der Waals surface area contributed by atoms with Gasteiger partial charge in [-0.2, -0.15) is 0 Å². The second-order valence-corrected chi connectivity index (χ2v) is 4.71. The molecule has 1 N–H and O–H groups in total. The maximum atomic E-state index is 4.10. The van der Waals surface area contributed by atoms with Crippen LogP contribution in [0.3, 0.4) is 0 Å². The van der Waals surface area contributed by atoms with E-state index in [9.17, 15) is 0 Å². The highest BCUT2D eigenvalue weighted by Crippen LogP contribution is 2.29. The zero-order valence-corrected chi connectivity index (χ0v) is 10.2. The SMILES string of the molecule is C=C(Nc1ccc(C)cc1)C(C)(C)CC. The summed E-state index contributed by atoms with van der Waals surface area (Å²) < 4.78 is 0. The Morgan fingerprint density at radius 2 is 1.80 bits per heavy atom. The summed E-state index contributed by atoms with van der Waals surface area (Å²) in [6.45, 7) is 12.8. The average molecular weight is 203 g/mol. The first-order valence-electron chi connectivity index (χ1n) is 5.49. The van der Waals surface area contributed by atoms with Crippen LogP contribution in [-0.2, 0) is 0 Å². The second kappa shape index (κ2) is 4.52. The fourth-order valence-electron chi connectivity index (χ4n) is 1.19. The van der Waals surface area contributed by atoms with Crippen LogP contribution >= 0.6 is 0 Å². The van der Waals surface area contributed by atoms with Gasteiger partial charge in [-0.15, -0.1) is 0 Å². The van der Waals surface area contributed by atoms with Gasteiger partial charge in [-0.05, 0) is 25.5 Å². The number of nitrogens with one attached hydrogen (secondary N) is 1. The normalized spacial score (nSPS) is 11.2. The van der Waals surface area contributed by atoms with Gasteiger partial charge in [0.15, 0.2) is 0 Å². The molecule has 82 valence electrons. The van der Waals surface area contributed by atoms with Crippen molar-refractivity contribution in [2.75, 3.05) is 5.32 Å². The fraction of sp³-hybridized carbons (Fsp3) is 0.429. The van der Waals surface area contributed by atoms with E-state index in [1.54, 1.807) is 0 Å². The van der Waals surface area contributed by atoms with Crippen molar-refractivity contribution in [1.29, 1.82) is 0 Å². The first-order chi connectivity index (χ1) is 6.95. The molecule has 15 heavy (non-hydrogen) atoms. The van der Waals surface area contributed by atoms with Crippen LogP contribution < -0.4 is 5.32 Å². The molecule has 0 saturated heterocycles. The minimum absolute atomic E-state index is 0.144. The van der Waals surface area contributed by atoms with E-state index >= 15 is 0 Å². The van der Waals surface area contributed by atoms with Crippen LogP contribution in [0, 0.1) is 12.3 Å². The monoisotopic (exact) mass is 203 g/mol. The molecule has 0 heterocycles. The van der Waals surface area contributed by atoms with Crippen LogP contribution in [0.2, 0.25) is 0 Å². The molecule has 1 aromatic rings. The van der Waals surface area contributed by atoms with Gasteiger partial charge in [0.1, 0.15) is 0 Å². The van der Waals surface area contributed by atoms with Crippen molar-refractivity contribution in [2.24, 2.45) is 5.41 Å². The lowest BCUT2D eigenvalue weighted by molar-refractivity contribution is 0.434. The third kappa shape index (κ3) is 3.12. The fourth-order valence-corrected chi connectivity index (χ4v) is 1.19. The molecule has 1 heteroatoms. The summed E-state index contributed by atoms with van der Waals surface area (Å²) in [6.07, 6.45) is 1.09. The molecule has 0 aliphatic heterocycles. The molecule has 0 fully saturated rings. The van der Waals surface area contributed by atoms with Crippen LogP contribution in [0.15, 0.2) is 36.5 Å². The van der Waals surface area contributed by atoms with Gasteiger partial charge in [-0.3, -0.25) is 0 Å². The predicted molar refractivity (Wildman–Crippen MR) is 68.0 cm³/mol. The number of rotatable bonds is 4. The van der Waals surface area contributed by atoms with Gasteiger partial charge in [0, 0.05) is 16.8 Å². The summed E-state index contributed by atoms with van der Waals surface area (Å²) in [5.74, 6) is 0. The van der Waals surface area contributed by atoms with Crippen LogP contribution in [0.1, 0.15) is 32.8 Å². The zero-order chi connectivity index (χ0) is 11.5. The van der Waals surface area contributed by atoms with Crippen molar-refractivity contribution < 1.29 is 0 Å². The summed E-state index contributed by atoms with van der Waals surface area (Å²) in [4.78, 5) is 0. The first-order valence-corrected chi connectivity index (χ1v) is 5.49. The van der Waals surface area contributed by atoms with Crippen molar-refractivity contribution in [2.45, 2.75) is 34.1 Å². The summed E-state index contributed by atoms with van der Waals surface area (Å²) in [7, 11) is 0. The Morgan fingerprint density at radius 1 is 1.27 bits per heavy atom. The summed E-state index contributed by atoms with van der Waals surface area (Å²) >= 11 is 0. The highest BCUT2D eigenvalue weighted by Gasteiger charge is 2.18. The number of allylic oxidation sites excluding steroid dienone is 1. The van der Waals surface area contributed by atoms with E-state index in [0.29, 0.717) is 0 Å². The molecule has 0 aromatic heterocycles. The Bertz CT molecular complexity index is 333. The Balaban J connectivity index is 2.71. The van der Waals surface area contributed by atoms with Crippen LogP contribution in [0.4, 0.5) is 5.69 Å². The van der Waals surface area contributed by atoms with Gasteiger partial charge in [0.05, 0.1) is 0 Å². The number of hydrogen-bond donors (Lipinski definition) is 1. The first kappa shape index (κ1) is 11.8. The lowest BCUT2D eigenvalue weighted by Crippen LogP contribution is -2.18. The van der Waals surface area contributed by atoms with E-state index in [-0.39, 0.29) is 5.41 Å². The van der Waals surface area contributed by atoms with Gasteiger partial charge in [0.2, 0.25) is 0 Å². The minimum Gasteiger partial charge on any atom is -0.359 e. The molecular weight excluding hydrogens is 182 g/mol. The third-order valence-electron chi connectivity index (χ3n) is 3.05. The molecule has 0 bridgehead atoms. The van der Waals surface area contributed by atoms with Crippen molar-refractivity contribution in [3.63, 3.8) is 0 Å². The van der Waals surface area contributed by atoms with Gasteiger partial charge in [-0.1, -0.05) is 45.0 Å². The molecule has 0 unspecified atom stereocenters. The second-order valence-electron chi connectivity index (χ2n) is 4.71. The molecule has 1 rings (SSSR count). The topological polar surface area (TPSA) is 12.0 Å². The number of anilines is 1. The van der Waals surface area contributed by atoms with Gasteiger partial charge < -0.3 is 5.32 Å². The highest BCUT2D eigenvalue weighted by atomic mass is 14.9. The van der Waals surface area contributed by atoms with Crippen molar-refractivity contribution in [3.05, 3.63) is 42.1 Å². The van der Waals surface area contributed by atoms with Crippen LogP contribution in [0.5, 0.6) is 0 Å². The molecule has 0 saturated carbocycles. The minimum atomic E-state index is 0.144. The summed E-state index contributed by atoms with van der Waals surface area (Å²) in [5.41, 5.74) is 3.62. The van der Waals surface area contributed by atoms with Crippen LogP contribution in [-0.4, -0.2) is 0 Å². The largest absolute Gasteiger partial charge is 0.359 e. The average Bonchev–Trinajstić information content (AvgIpc) is 2.21. The van der Waals surface area contributed by atoms with Gasteiger partial charge in [0.25, 0.3) is 0 Å². The molecule has 0 atom stereocenters. The van der Waals surface area contributed by atoms with Gasteiger partial charge >= 0.3 is 0 Å². The van der Waals surface area contributed by atoms with E-state index in [1.807, 2.05) is 0 Å². The van der Waals surface area contributed by atoms with E-state index in [4.69, 9.17) is 0 Å². The Labute approximate surface area is 93.2 Å². The molecule has 0 amide bonds. The molecule has 0 spiro atoms. The molecule has 0 aliphatic rings. The van der Waals surface area contributed by atoms with E-state index in [1.165, 1.54) is 5.56 Å². The maximum Gasteiger partial charge on any atom is 0.0381 e. The number of benzene rings is 1. The van der Waals surface area contributed by atoms with Crippen molar-refractivity contribution in [3.8, 4) is 0 Å². The quantitative estimate of drug-likeness (QED) is 0.766. The number of aryl methyl sites for hydroxylation is 1. The van der Waals surface area contributed by atoms with E-state index in [2.05, 4.69) is 63.9 Å². The Morgan fingerprint density at radius 3 is 2.27 bits per heavy atom. The van der Waals surface area contributed by atoms with E-state index < -0.39 is 0 Å². The smallest absolute Gasteiger partial charge is 0.0381 e. The Kier molecular flexibility index (Phi) is 3.57. The summed E-state index contributed by atoms with van der Waals surface area (Å²) in [5, 5.41) is 3.37. The summed E-state index contributed by atoms with van der Waals surface area (Å²) in [6, 6.07) is 8.39.